The number of benzene rings is 2. The number of para-hydroxylation sites is 1. The number of nitrogens with one attached hydrogen (secondary N) is 1. The van der Waals surface area contributed by atoms with Crippen LogP contribution in [0.1, 0.15) is 39.7 Å². The number of carbonyl (C=O) groups excluding carboxylic acids is 1. The maximum Gasteiger partial charge on any atom is 0.261 e. The molecule has 2 aromatic rings. The van der Waals surface area contributed by atoms with Crippen LogP contribution >= 0.6 is 0 Å². The lowest BCUT2D eigenvalue weighted by atomic mass is 9.86. The topological polar surface area (TPSA) is 56.8 Å². The Morgan fingerprint density at radius 1 is 1.04 bits per heavy atom. The van der Waals surface area contributed by atoms with E-state index in [1.165, 1.54) is 0 Å². The van der Waals surface area contributed by atoms with Crippen LogP contribution in [0.15, 0.2) is 48.5 Å². The van der Waals surface area contributed by atoms with Gasteiger partial charge >= 0.3 is 0 Å². The molecule has 0 aliphatic heterocycles. The molecule has 1 amide bonds. The Labute approximate surface area is 168 Å². The summed E-state index contributed by atoms with van der Waals surface area (Å²) in [5.74, 6) is 2.09. The highest BCUT2D eigenvalue weighted by Crippen LogP contribution is 2.30. The van der Waals surface area contributed by atoms with Crippen LogP contribution in [0.4, 0.5) is 0 Å². The zero-order chi connectivity index (χ0) is 20.6. The molecule has 0 bridgehead atoms. The Morgan fingerprint density at radius 2 is 1.68 bits per heavy atom. The monoisotopic (exact) mass is 385 g/mol. The third-order valence-corrected chi connectivity index (χ3v) is 4.35. The molecular formula is C23H31NO4. The quantitative estimate of drug-likeness (QED) is 0.652. The minimum atomic E-state index is -0.546. The lowest BCUT2D eigenvalue weighted by molar-refractivity contribution is -0.128. The molecule has 0 unspecified atom stereocenters. The van der Waals surface area contributed by atoms with Gasteiger partial charge in [-0.2, -0.15) is 0 Å². The number of ether oxygens (including phenoxy) is 3. The molecule has 0 aromatic heterocycles. The Kier molecular flexibility index (Phi) is 7.73. The van der Waals surface area contributed by atoms with E-state index in [-0.39, 0.29) is 11.3 Å². The van der Waals surface area contributed by atoms with Crippen LogP contribution in [0.3, 0.4) is 0 Å². The van der Waals surface area contributed by atoms with Gasteiger partial charge in [0.15, 0.2) is 6.10 Å². The molecule has 2 aromatic carbocycles. The molecule has 0 saturated carbocycles. The van der Waals surface area contributed by atoms with Crippen LogP contribution in [0.5, 0.6) is 17.2 Å². The van der Waals surface area contributed by atoms with Crippen molar-refractivity contribution in [2.75, 3.05) is 20.3 Å². The maximum atomic E-state index is 12.4. The van der Waals surface area contributed by atoms with E-state index < -0.39 is 6.10 Å². The second kappa shape index (κ2) is 10.0. The predicted octanol–water partition coefficient (Wildman–Crippen LogP) is 4.35. The Balaban J connectivity index is 1.84. The van der Waals surface area contributed by atoms with Crippen molar-refractivity contribution in [3.63, 3.8) is 0 Å². The van der Waals surface area contributed by atoms with Crippen LogP contribution in [-0.2, 0) is 10.2 Å². The van der Waals surface area contributed by atoms with E-state index in [2.05, 4.69) is 32.2 Å². The van der Waals surface area contributed by atoms with Gasteiger partial charge in [0.2, 0.25) is 0 Å². The van der Waals surface area contributed by atoms with Crippen LogP contribution in [0.25, 0.3) is 0 Å². The molecule has 152 valence electrons. The summed E-state index contributed by atoms with van der Waals surface area (Å²) >= 11 is 0. The molecule has 0 aliphatic carbocycles. The van der Waals surface area contributed by atoms with E-state index in [0.29, 0.717) is 25.3 Å². The normalized spacial score (nSPS) is 12.2. The molecule has 0 saturated heterocycles. The summed E-state index contributed by atoms with van der Waals surface area (Å²) in [7, 11) is 1.61. The Bertz CT molecular complexity index is 750. The van der Waals surface area contributed by atoms with Crippen molar-refractivity contribution in [3.05, 3.63) is 54.1 Å². The first-order valence-electron chi connectivity index (χ1n) is 9.66. The van der Waals surface area contributed by atoms with Gasteiger partial charge in [-0.1, -0.05) is 45.9 Å². The average Bonchev–Trinajstić information content (AvgIpc) is 2.69. The number of hydrogen-bond donors (Lipinski definition) is 1. The number of amides is 1. The van der Waals surface area contributed by atoms with Gasteiger partial charge in [0.05, 0.1) is 13.7 Å². The third kappa shape index (κ3) is 6.19. The molecule has 5 nitrogen and oxygen atoms in total. The van der Waals surface area contributed by atoms with Crippen molar-refractivity contribution in [2.45, 2.75) is 45.6 Å². The zero-order valence-electron chi connectivity index (χ0n) is 17.5. The highest BCUT2D eigenvalue weighted by atomic mass is 16.5. The zero-order valence-corrected chi connectivity index (χ0v) is 17.5. The van der Waals surface area contributed by atoms with E-state index in [4.69, 9.17) is 14.2 Å². The highest BCUT2D eigenvalue weighted by Gasteiger charge is 2.19. The average molecular weight is 386 g/mol. The second-order valence-electron chi connectivity index (χ2n) is 7.58. The molecule has 28 heavy (non-hydrogen) atoms. The van der Waals surface area contributed by atoms with Crippen LogP contribution in [0, 0.1) is 0 Å². The number of carbonyl (C=O) groups is 1. The number of methoxy groups -OCH3 is 1. The van der Waals surface area contributed by atoms with E-state index in [0.717, 1.165) is 17.1 Å². The van der Waals surface area contributed by atoms with Gasteiger partial charge in [0, 0.05) is 0 Å². The van der Waals surface area contributed by atoms with E-state index in [1.54, 1.807) is 31.4 Å². The minimum Gasteiger partial charge on any atom is -0.497 e. The maximum absolute atomic E-state index is 12.4. The van der Waals surface area contributed by atoms with Crippen molar-refractivity contribution in [2.24, 2.45) is 0 Å². The fraction of sp³-hybridized carbons (Fsp3) is 0.435. The molecule has 5 heteroatoms. The third-order valence-electron chi connectivity index (χ3n) is 4.35. The molecule has 0 aliphatic rings. The number of rotatable bonds is 9. The lowest BCUT2D eigenvalue weighted by Gasteiger charge is -2.23. The minimum absolute atomic E-state index is 0.000643. The van der Waals surface area contributed by atoms with Gasteiger partial charge < -0.3 is 19.5 Å². The molecular weight excluding hydrogens is 354 g/mol. The fourth-order valence-corrected chi connectivity index (χ4v) is 2.80. The summed E-state index contributed by atoms with van der Waals surface area (Å²) in [5.41, 5.74) is 1.15. The lowest BCUT2D eigenvalue weighted by Crippen LogP contribution is -2.39. The largest absolute Gasteiger partial charge is 0.497 e. The van der Waals surface area contributed by atoms with Gasteiger partial charge in [-0.05, 0) is 47.7 Å². The summed E-state index contributed by atoms with van der Waals surface area (Å²) in [6.45, 7) is 9.19. The molecule has 1 atom stereocenters. The van der Waals surface area contributed by atoms with Gasteiger partial charge in [-0.25, -0.2) is 0 Å². The molecule has 2 rings (SSSR count). The van der Waals surface area contributed by atoms with Crippen molar-refractivity contribution < 1.29 is 19.0 Å². The highest BCUT2D eigenvalue weighted by molar-refractivity contribution is 5.81. The van der Waals surface area contributed by atoms with Gasteiger partial charge in [-0.15, -0.1) is 0 Å². The molecule has 0 radical (unpaired) electrons. The summed E-state index contributed by atoms with van der Waals surface area (Å²) in [5, 5.41) is 2.89. The Morgan fingerprint density at radius 3 is 2.29 bits per heavy atom. The molecule has 0 spiro atoms. The van der Waals surface area contributed by atoms with E-state index in [9.17, 15) is 4.79 Å². The van der Waals surface area contributed by atoms with Crippen LogP contribution in [0.2, 0.25) is 0 Å². The van der Waals surface area contributed by atoms with Gasteiger partial charge in [0.1, 0.15) is 23.9 Å². The smallest absolute Gasteiger partial charge is 0.261 e. The summed E-state index contributed by atoms with van der Waals surface area (Å²) in [4.78, 5) is 12.4. The first-order valence-corrected chi connectivity index (χ1v) is 9.66. The van der Waals surface area contributed by atoms with Crippen molar-refractivity contribution in [3.8, 4) is 17.2 Å². The summed E-state index contributed by atoms with van der Waals surface area (Å²) in [6, 6.07) is 15.2. The summed E-state index contributed by atoms with van der Waals surface area (Å²) in [6.07, 6.45) is 0.0289. The van der Waals surface area contributed by atoms with Crippen molar-refractivity contribution in [1.82, 2.24) is 5.32 Å². The first-order chi connectivity index (χ1) is 13.3. The number of hydrogen-bond acceptors (Lipinski definition) is 4. The summed E-state index contributed by atoms with van der Waals surface area (Å²) < 4.78 is 16.8. The predicted molar refractivity (Wildman–Crippen MR) is 111 cm³/mol. The van der Waals surface area contributed by atoms with Crippen LogP contribution in [-0.4, -0.2) is 32.3 Å². The SMILES string of the molecule is CC[C@H](Oc1ccc(OC)cc1)C(=O)NCCOc1ccccc1C(C)(C)C. The standard InChI is InChI=1S/C23H31NO4/c1-6-20(28-18-13-11-17(26-5)12-14-18)22(25)24-15-16-27-21-10-8-7-9-19(21)23(2,3)4/h7-14,20H,6,15-16H2,1-5H3,(H,24,25)/t20-/m0/s1. The van der Waals surface area contributed by atoms with Gasteiger partial charge in [-0.3, -0.25) is 4.79 Å². The molecule has 0 heterocycles. The van der Waals surface area contributed by atoms with Crippen LogP contribution < -0.4 is 19.5 Å². The second-order valence-corrected chi connectivity index (χ2v) is 7.58. The van der Waals surface area contributed by atoms with E-state index in [1.807, 2.05) is 25.1 Å². The fourth-order valence-electron chi connectivity index (χ4n) is 2.80. The first kappa shape index (κ1) is 21.6. The van der Waals surface area contributed by atoms with Crippen molar-refractivity contribution >= 4 is 5.91 Å². The molecule has 0 fully saturated rings. The van der Waals surface area contributed by atoms with E-state index >= 15 is 0 Å². The Hall–Kier alpha value is -2.69. The molecule has 1 N–H and O–H groups in total. The van der Waals surface area contributed by atoms with Crippen molar-refractivity contribution in [1.29, 1.82) is 0 Å². The van der Waals surface area contributed by atoms with Gasteiger partial charge in [0.25, 0.3) is 5.91 Å².